The topological polar surface area (TPSA) is 155 Å². The molecule has 1 fully saturated rings. The predicted octanol–water partition coefficient (Wildman–Crippen LogP) is 1.28. The number of alkyl carbamates (subject to hydrolysis) is 1. The van der Waals surface area contributed by atoms with E-state index in [1.54, 1.807) is 20.8 Å². The molecule has 4 N–H and O–H groups in total. The zero-order valence-electron chi connectivity index (χ0n) is 15.5. The van der Waals surface area contributed by atoms with Crippen molar-refractivity contribution in [3.8, 4) is 0 Å². The van der Waals surface area contributed by atoms with Gasteiger partial charge < -0.3 is 25.7 Å². The summed E-state index contributed by atoms with van der Waals surface area (Å²) < 4.78 is 4.92. The SMILES string of the molecule is CC(C)(C)OC(=O)N[C@@H](CCCN=[N+]=[N-])C(=O)[O-].[NH3+]C1CCCCC1. The minimum absolute atomic E-state index is 0.112. The first-order valence-corrected chi connectivity index (χ1v) is 8.70. The summed E-state index contributed by atoms with van der Waals surface area (Å²) in [5.74, 6) is -1.40. The number of azide groups is 1. The van der Waals surface area contributed by atoms with Crippen LogP contribution in [0.15, 0.2) is 5.11 Å². The number of carbonyl (C=O) groups is 2. The number of hydrogen-bond donors (Lipinski definition) is 2. The van der Waals surface area contributed by atoms with E-state index >= 15 is 0 Å². The number of nitrogens with zero attached hydrogens (tertiary/aromatic N) is 3. The third-order valence-corrected chi connectivity index (χ3v) is 3.51. The Morgan fingerprint density at radius 3 is 2.36 bits per heavy atom. The molecule has 1 amide bonds. The number of aliphatic carboxylic acids is 1. The van der Waals surface area contributed by atoms with Crippen molar-refractivity contribution in [2.45, 2.75) is 83.4 Å². The van der Waals surface area contributed by atoms with Gasteiger partial charge in [0.25, 0.3) is 0 Å². The van der Waals surface area contributed by atoms with Crippen LogP contribution in [0.5, 0.6) is 0 Å². The van der Waals surface area contributed by atoms with Crippen LogP contribution in [0.4, 0.5) is 4.79 Å². The van der Waals surface area contributed by atoms with Crippen molar-refractivity contribution in [2.75, 3.05) is 6.54 Å². The van der Waals surface area contributed by atoms with Gasteiger partial charge in [0.15, 0.2) is 0 Å². The number of carbonyl (C=O) groups excluding carboxylic acids is 2. The third kappa shape index (κ3) is 14.1. The van der Waals surface area contributed by atoms with E-state index < -0.39 is 23.7 Å². The van der Waals surface area contributed by atoms with E-state index in [2.05, 4.69) is 21.1 Å². The van der Waals surface area contributed by atoms with Crippen LogP contribution in [-0.2, 0) is 9.53 Å². The Kier molecular flexibility index (Phi) is 11.4. The molecule has 9 nitrogen and oxygen atoms in total. The van der Waals surface area contributed by atoms with Crippen LogP contribution in [-0.4, -0.2) is 36.3 Å². The highest BCUT2D eigenvalue weighted by Crippen LogP contribution is 2.13. The molecule has 1 aliphatic carbocycles. The Bertz CT molecular complexity index is 452. The number of nitrogens with one attached hydrogen (secondary N) is 1. The van der Waals surface area contributed by atoms with Crippen molar-refractivity contribution in [3.63, 3.8) is 0 Å². The van der Waals surface area contributed by atoms with Gasteiger partial charge in [-0.25, -0.2) is 4.79 Å². The molecule has 144 valence electrons. The van der Waals surface area contributed by atoms with E-state index in [1.165, 1.54) is 32.1 Å². The molecular formula is C16H31N5O4. The van der Waals surface area contributed by atoms with Crippen molar-refractivity contribution < 1.29 is 25.2 Å². The second-order valence-corrected chi connectivity index (χ2v) is 7.12. The van der Waals surface area contributed by atoms with Crippen LogP contribution in [0, 0.1) is 0 Å². The molecule has 0 bridgehead atoms. The predicted molar refractivity (Wildman–Crippen MR) is 91.2 cm³/mol. The van der Waals surface area contributed by atoms with Crippen molar-refractivity contribution in [1.29, 1.82) is 0 Å². The normalized spacial score (nSPS) is 15.8. The number of amides is 1. The zero-order chi connectivity index (χ0) is 19.3. The zero-order valence-corrected chi connectivity index (χ0v) is 15.5. The Morgan fingerprint density at radius 1 is 1.36 bits per heavy atom. The fourth-order valence-corrected chi connectivity index (χ4v) is 2.30. The van der Waals surface area contributed by atoms with Crippen LogP contribution in [0.3, 0.4) is 0 Å². The number of quaternary nitrogens is 1. The summed E-state index contributed by atoms with van der Waals surface area (Å²) in [6.07, 6.45) is 6.67. The molecule has 0 spiro atoms. The number of carboxylic acids is 1. The van der Waals surface area contributed by atoms with Gasteiger partial charge in [-0.15, -0.1) is 0 Å². The van der Waals surface area contributed by atoms with Gasteiger partial charge in [-0.3, -0.25) is 0 Å². The second-order valence-electron chi connectivity index (χ2n) is 7.12. The molecule has 1 rings (SSSR count). The van der Waals surface area contributed by atoms with E-state index in [1.807, 2.05) is 0 Å². The van der Waals surface area contributed by atoms with Gasteiger partial charge in [0.1, 0.15) is 5.60 Å². The minimum Gasteiger partial charge on any atom is -0.548 e. The summed E-state index contributed by atoms with van der Waals surface area (Å²) in [4.78, 5) is 24.7. The standard InChI is InChI=1S/C10H18N4O4.C6H13N/c1-10(2,3)18-9(17)13-7(8(15)16)5-4-6-12-14-11;7-6-4-2-1-3-5-6/h7H,4-6H2,1-3H3,(H,13,17)(H,15,16);6H,1-5,7H2/t7-;/m0./s1. The fourth-order valence-electron chi connectivity index (χ4n) is 2.30. The first kappa shape index (κ1) is 23.0. The highest BCUT2D eigenvalue weighted by Gasteiger charge is 2.19. The maximum absolute atomic E-state index is 11.4. The summed E-state index contributed by atoms with van der Waals surface area (Å²) in [5.41, 5.74) is 11.3. The third-order valence-electron chi connectivity index (χ3n) is 3.51. The van der Waals surface area contributed by atoms with Crippen molar-refractivity contribution in [1.82, 2.24) is 5.32 Å². The summed E-state index contributed by atoms with van der Waals surface area (Å²) in [6.45, 7) is 5.17. The highest BCUT2D eigenvalue weighted by molar-refractivity contribution is 5.78. The van der Waals surface area contributed by atoms with Crippen LogP contribution in [0.1, 0.15) is 65.7 Å². The molecule has 1 aliphatic rings. The van der Waals surface area contributed by atoms with E-state index in [9.17, 15) is 14.7 Å². The summed E-state index contributed by atoms with van der Waals surface area (Å²) in [7, 11) is 0. The molecule has 0 saturated heterocycles. The van der Waals surface area contributed by atoms with E-state index in [-0.39, 0.29) is 13.0 Å². The largest absolute Gasteiger partial charge is 0.548 e. The monoisotopic (exact) mass is 357 g/mol. The number of rotatable bonds is 6. The lowest BCUT2D eigenvalue weighted by Gasteiger charge is -2.24. The molecular weight excluding hydrogens is 326 g/mol. The second kappa shape index (κ2) is 12.4. The first-order chi connectivity index (χ1) is 11.7. The molecule has 0 aromatic heterocycles. The lowest BCUT2D eigenvalue weighted by molar-refractivity contribution is -0.425. The van der Waals surface area contributed by atoms with E-state index in [4.69, 9.17) is 10.3 Å². The average Bonchev–Trinajstić information content (AvgIpc) is 2.49. The maximum atomic E-state index is 11.4. The van der Waals surface area contributed by atoms with E-state index in [0.29, 0.717) is 6.42 Å². The van der Waals surface area contributed by atoms with Crippen molar-refractivity contribution in [3.05, 3.63) is 10.4 Å². The minimum atomic E-state index is -1.40. The van der Waals surface area contributed by atoms with Gasteiger partial charge in [-0.05, 0) is 64.8 Å². The number of hydrogen-bond acceptors (Lipinski definition) is 5. The van der Waals surface area contributed by atoms with Crippen molar-refractivity contribution in [2.24, 2.45) is 5.11 Å². The van der Waals surface area contributed by atoms with Gasteiger partial charge in [0.05, 0.1) is 18.1 Å². The van der Waals surface area contributed by atoms with Gasteiger partial charge >= 0.3 is 6.09 Å². The van der Waals surface area contributed by atoms with Gasteiger partial charge in [0.2, 0.25) is 0 Å². The van der Waals surface area contributed by atoms with Crippen LogP contribution in [0.2, 0.25) is 0 Å². The molecule has 0 aromatic carbocycles. The fraction of sp³-hybridized carbons (Fsp3) is 0.875. The smallest absolute Gasteiger partial charge is 0.408 e. The highest BCUT2D eigenvalue weighted by atomic mass is 16.6. The molecule has 9 heteroatoms. The molecule has 1 saturated carbocycles. The maximum Gasteiger partial charge on any atom is 0.408 e. The van der Waals surface area contributed by atoms with Crippen molar-refractivity contribution >= 4 is 12.1 Å². The van der Waals surface area contributed by atoms with Gasteiger partial charge in [0, 0.05) is 11.5 Å². The van der Waals surface area contributed by atoms with Crippen LogP contribution in [0.25, 0.3) is 10.4 Å². The van der Waals surface area contributed by atoms with Gasteiger partial charge in [-0.2, -0.15) is 0 Å². The molecule has 0 aromatic rings. The Hall–Kier alpha value is -1.99. The van der Waals surface area contributed by atoms with Crippen LogP contribution < -0.4 is 16.2 Å². The molecule has 0 heterocycles. The number of carboxylic acid groups (broad SMARTS) is 1. The molecule has 1 atom stereocenters. The average molecular weight is 357 g/mol. The summed E-state index contributed by atoms with van der Waals surface area (Å²) in [6, 6.07) is -0.373. The van der Waals surface area contributed by atoms with Crippen LogP contribution >= 0.6 is 0 Å². The van der Waals surface area contributed by atoms with Gasteiger partial charge in [-0.1, -0.05) is 11.5 Å². The lowest BCUT2D eigenvalue weighted by Crippen LogP contribution is -2.61. The Labute approximate surface area is 148 Å². The number of ether oxygens (including phenoxy) is 1. The molecule has 0 radical (unpaired) electrons. The Morgan fingerprint density at radius 2 is 1.96 bits per heavy atom. The Balaban J connectivity index is 0.000000676. The molecule has 0 aliphatic heterocycles. The molecule has 0 unspecified atom stereocenters. The molecule has 25 heavy (non-hydrogen) atoms. The quantitative estimate of drug-likeness (QED) is 0.318. The van der Waals surface area contributed by atoms with E-state index in [0.717, 1.165) is 6.04 Å². The summed E-state index contributed by atoms with van der Waals surface area (Å²) in [5, 5.41) is 16.2. The first-order valence-electron chi connectivity index (χ1n) is 8.70. The lowest BCUT2D eigenvalue weighted by atomic mass is 9.97. The summed E-state index contributed by atoms with van der Waals surface area (Å²) >= 11 is 0.